The van der Waals surface area contributed by atoms with E-state index >= 15 is 0 Å². The van der Waals surface area contributed by atoms with Crippen LogP contribution in [0.2, 0.25) is 0 Å². The van der Waals surface area contributed by atoms with E-state index in [2.05, 4.69) is 5.32 Å². The summed E-state index contributed by atoms with van der Waals surface area (Å²) in [5.41, 5.74) is 8.79. The Labute approximate surface area is 121 Å². The Morgan fingerprint density at radius 1 is 1.35 bits per heavy atom. The largest absolute Gasteiger partial charge is 0.397 e. The zero-order valence-corrected chi connectivity index (χ0v) is 12.5. The average molecular weight is 291 g/mol. The van der Waals surface area contributed by atoms with Crippen molar-refractivity contribution in [3.8, 4) is 0 Å². The predicted octanol–water partition coefficient (Wildman–Crippen LogP) is 2.06. The lowest BCUT2D eigenvalue weighted by Crippen LogP contribution is -2.25. The number of carbonyl (C=O) groups excluding carboxylic acids is 1. The summed E-state index contributed by atoms with van der Waals surface area (Å²) in [4.78, 5) is 24.6. The van der Waals surface area contributed by atoms with Gasteiger partial charge in [0, 0.05) is 10.6 Å². The smallest absolute Gasteiger partial charge is 0.308 e. The molecule has 0 saturated heterocycles. The number of aromatic nitrogens is 1. The molecular weight excluding hydrogens is 274 g/mol. The second kappa shape index (κ2) is 5.50. The van der Waals surface area contributed by atoms with Crippen LogP contribution in [0.15, 0.2) is 23.0 Å². The number of benzene rings is 1. The van der Waals surface area contributed by atoms with E-state index in [9.17, 15) is 9.59 Å². The normalized spacial score (nSPS) is 10.6. The molecule has 0 atom stereocenters. The minimum Gasteiger partial charge on any atom is -0.397 e. The van der Waals surface area contributed by atoms with E-state index in [0.29, 0.717) is 11.4 Å². The third kappa shape index (κ3) is 2.91. The number of anilines is 2. The standard InChI is InChI=1S/C14H17N3O2S/c1-8-4-5-12(11(15)6-8)16-13(18)7-17-9(2)10(3)20-14(17)19/h4-6H,7,15H2,1-3H3,(H,16,18). The van der Waals surface area contributed by atoms with Gasteiger partial charge in [-0.25, -0.2) is 0 Å². The zero-order chi connectivity index (χ0) is 14.9. The SMILES string of the molecule is Cc1ccc(NC(=O)Cn2c(C)c(C)sc2=O)c(N)c1. The van der Waals surface area contributed by atoms with Crippen LogP contribution in [0.4, 0.5) is 11.4 Å². The molecule has 1 heterocycles. The maximum Gasteiger partial charge on any atom is 0.308 e. The highest BCUT2D eigenvalue weighted by Gasteiger charge is 2.12. The summed E-state index contributed by atoms with van der Waals surface area (Å²) >= 11 is 1.15. The first-order chi connectivity index (χ1) is 9.38. The monoisotopic (exact) mass is 291 g/mol. The molecule has 3 N–H and O–H groups in total. The number of carbonyl (C=O) groups is 1. The molecule has 2 aromatic rings. The van der Waals surface area contributed by atoms with Crippen LogP contribution in [0.3, 0.4) is 0 Å². The number of aryl methyl sites for hydroxylation is 2. The van der Waals surface area contributed by atoms with Crippen LogP contribution >= 0.6 is 11.3 Å². The van der Waals surface area contributed by atoms with Crippen LogP contribution in [0.1, 0.15) is 16.1 Å². The minimum atomic E-state index is -0.261. The third-order valence-corrected chi connectivity index (χ3v) is 4.15. The van der Waals surface area contributed by atoms with Gasteiger partial charge >= 0.3 is 4.87 Å². The van der Waals surface area contributed by atoms with E-state index in [4.69, 9.17) is 5.73 Å². The van der Waals surface area contributed by atoms with Crippen LogP contribution < -0.4 is 15.9 Å². The lowest BCUT2D eigenvalue weighted by molar-refractivity contribution is -0.116. The van der Waals surface area contributed by atoms with E-state index < -0.39 is 0 Å². The van der Waals surface area contributed by atoms with Crippen molar-refractivity contribution < 1.29 is 4.79 Å². The van der Waals surface area contributed by atoms with Gasteiger partial charge in [-0.15, -0.1) is 0 Å². The molecule has 106 valence electrons. The number of hydrogen-bond donors (Lipinski definition) is 2. The van der Waals surface area contributed by atoms with Gasteiger partial charge in [0.1, 0.15) is 6.54 Å². The van der Waals surface area contributed by atoms with Crippen LogP contribution in [-0.2, 0) is 11.3 Å². The first-order valence-electron chi connectivity index (χ1n) is 6.21. The highest BCUT2D eigenvalue weighted by molar-refractivity contribution is 7.09. The summed E-state index contributed by atoms with van der Waals surface area (Å²) in [5.74, 6) is -0.261. The number of nitrogens with two attached hydrogens (primary N) is 1. The van der Waals surface area contributed by atoms with E-state index in [-0.39, 0.29) is 17.3 Å². The molecule has 1 aromatic heterocycles. The molecule has 0 aliphatic carbocycles. The van der Waals surface area contributed by atoms with Crippen LogP contribution in [0.25, 0.3) is 0 Å². The molecule has 0 bridgehead atoms. The van der Waals surface area contributed by atoms with Gasteiger partial charge in [0.05, 0.1) is 11.4 Å². The summed E-state index contributed by atoms with van der Waals surface area (Å²) in [6.07, 6.45) is 0. The molecule has 5 nitrogen and oxygen atoms in total. The summed E-state index contributed by atoms with van der Waals surface area (Å²) in [6.45, 7) is 5.63. The number of nitrogens with zero attached hydrogens (tertiary/aromatic N) is 1. The van der Waals surface area contributed by atoms with Gasteiger partial charge in [-0.1, -0.05) is 17.4 Å². The number of thiazole rings is 1. The molecule has 20 heavy (non-hydrogen) atoms. The summed E-state index contributed by atoms with van der Waals surface area (Å²) in [5, 5.41) is 2.73. The number of amides is 1. The average Bonchev–Trinajstić information content (AvgIpc) is 2.60. The summed E-state index contributed by atoms with van der Waals surface area (Å²) in [7, 11) is 0. The third-order valence-electron chi connectivity index (χ3n) is 3.16. The Morgan fingerprint density at radius 3 is 2.60 bits per heavy atom. The van der Waals surface area contributed by atoms with Crippen LogP contribution in [-0.4, -0.2) is 10.5 Å². The molecule has 0 spiro atoms. The van der Waals surface area contributed by atoms with Crippen molar-refractivity contribution in [2.24, 2.45) is 0 Å². The van der Waals surface area contributed by atoms with Crippen LogP contribution in [0.5, 0.6) is 0 Å². The first-order valence-corrected chi connectivity index (χ1v) is 7.03. The van der Waals surface area contributed by atoms with Gasteiger partial charge in [0.25, 0.3) is 0 Å². The maximum atomic E-state index is 12.0. The molecule has 6 heteroatoms. The van der Waals surface area contributed by atoms with Crippen molar-refractivity contribution >= 4 is 28.6 Å². The molecular formula is C14H17N3O2S. The number of nitrogens with one attached hydrogen (secondary N) is 1. The summed E-state index contributed by atoms with van der Waals surface area (Å²) in [6, 6.07) is 5.43. The predicted molar refractivity (Wildman–Crippen MR) is 82.3 cm³/mol. The Balaban J connectivity index is 2.15. The van der Waals surface area contributed by atoms with E-state index in [0.717, 1.165) is 27.5 Å². The number of hydrogen-bond acceptors (Lipinski definition) is 4. The highest BCUT2D eigenvalue weighted by atomic mass is 32.1. The molecule has 0 fully saturated rings. The second-order valence-corrected chi connectivity index (χ2v) is 5.90. The van der Waals surface area contributed by atoms with Gasteiger partial charge in [-0.2, -0.15) is 0 Å². The fourth-order valence-corrected chi connectivity index (χ4v) is 2.73. The van der Waals surface area contributed by atoms with Crippen LogP contribution in [0, 0.1) is 20.8 Å². The molecule has 2 rings (SSSR count). The van der Waals surface area contributed by atoms with Gasteiger partial charge in [-0.05, 0) is 38.5 Å². The van der Waals surface area contributed by atoms with Gasteiger partial charge < -0.3 is 11.1 Å². The maximum absolute atomic E-state index is 12.0. The molecule has 1 amide bonds. The quantitative estimate of drug-likeness (QED) is 0.850. The lowest BCUT2D eigenvalue weighted by Gasteiger charge is -2.10. The van der Waals surface area contributed by atoms with Gasteiger partial charge in [0.15, 0.2) is 0 Å². The van der Waals surface area contributed by atoms with Crippen molar-refractivity contribution in [3.63, 3.8) is 0 Å². The van der Waals surface area contributed by atoms with Crippen molar-refractivity contribution in [2.45, 2.75) is 27.3 Å². The van der Waals surface area contributed by atoms with E-state index in [1.165, 1.54) is 4.57 Å². The van der Waals surface area contributed by atoms with E-state index in [1.54, 1.807) is 12.1 Å². The van der Waals surface area contributed by atoms with Gasteiger partial charge in [0.2, 0.25) is 5.91 Å². The lowest BCUT2D eigenvalue weighted by atomic mass is 10.2. The Kier molecular flexibility index (Phi) is 3.94. The highest BCUT2D eigenvalue weighted by Crippen LogP contribution is 2.19. The number of rotatable bonds is 3. The number of nitrogen functional groups attached to an aromatic ring is 1. The molecule has 0 radical (unpaired) electrons. The fourth-order valence-electron chi connectivity index (χ4n) is 1.90. The van der Waals surface area contributed by atoms with Crippen molar-refractivity contribution in [2.75, 3.05) is 11.1 Å². The fraction of sp³-hybridized carbons (Fsp3) is 0.286. The van der Waals surface area contributed by atoms with Gasteiger partial charge in [-0.3, -0.25) is 14.2 Å². The van der Waals surface area contributed by atoms with E-state index in [1.807, 2.05) is 26.8 Å². The second-order valence-electron chi connectivity index (χ2n) is 4.73. The van der Waals surface area contributed by atoms with Crippen molar-refractivity contribution in [1.29, 1.82) is 0 Å². The summed E-state index contributed by atoms with van der Waals surface area (Å²) < 4.78 is 1.47. The Morgan fingerprint density at radius 2 is 2.05 bits per heavy atom. The molecule has 0 unspecified atom stereocenters. The molecule has 1 aromatic carbocycles. The molecule has 0 aliphatic rings. The van der Waals surface area contributed by atoms with Crippen molar-refractivity contribution in [3.05, 3.63) is 44.0 Å². The Hall–Kier alpha value is -2.08. The molecule has 0 aliphatic heterocycles. The Bertz CT molecular complexity index is 716. The topological polar surface area (TPSA) is 77.1 Å². The first kappa shape index (κ1) is 14.3. The zero-order valence-electron chi connectivity index (χ0n) is 11.7. The van der Waals surface area contributed by atoms with Crippen molar-refractivity contribution in [1.82, 2.24) is 4.57 Å². The molecule has 0 saturated carbocycles. The minimum absolute atomic E-state index is 0.00230.